The van der Waals surface area contributed by atoms with Gasteiger partial charge in [0.2, 0.25) is 0 Å². The highest BCUT2D eigenvalue weighted by Gasteiger charge is 2.29. The first-order valence-corrected chi connectivity index (χ1v) is 7.23. The van der Waals surface area contributed by atoms with Crippen molar-refractivity contribution in [1.29, 1.82) is 5.26 Å². The zero-order valence-corrected chi connectivity index (χ0v) is 15.4. The largest absolute Gasteiger partial charge is 0.373 e. The molecule has 1 fully saturated rings. The summed E-state index contributed by atoms with van der Waals surface area (Å²) in [6, 6.07) is 9.70. The molecule has 2 rings (SSSR count). The average Bonchev–Trinajstić information content (AvgIpc) is 2.95. The zero-order chi connectivity index (χ0) is 15.1. The number of ether oxygens (including phenoxy) is 1. The van der Waals surface area contributed by atoms with Gasteiger partial charge in [-0.3, -0.25) is 4.99 Å². The Morgan fingerprint density at radius 3 is 2.91 bits per heavy atom. The van der Waals surface area contributed by atoms with Crippen molar-refractivity contribution < 1.29 is 4.74 Å². The van der Waals surface area contributed by atoms with Crippen molar-refractivity contribution in [1.82, 2.24) is 10.6 Å². The third-order valence-corrected chi connectivity index (χ3v) is 3.67. The van der Waals surface area contributed by atoms with Crippen molar-refractivity contribution in [3.8, 4) is 6.07 Å². The molecular formula is C16H23IN4O. The lowest BCUT2D eigenvalue weighted by atomic mass is 10.0. The summed E-state index contributed by atoms with van der Waals surface area (Å²) in [4.78, 5) is 4.21. The lowest BCUT2D eigenvalue weighted by Gasteiger charge is -2.24. The number of hydrogen-bond donors (Lipinski definition) is 2. The van der Waals surface area contributed by atoms with E-state index in [9.17, 15) is 0 Å². The van der Waals surface area contributed by atoms with Crippen LogP contribution in [-0.2, 0) is 11.3 Å². The van der Waals surface area contributed by atoms with Crippen LogP contribution in [0.3, 0.4) is 0 Å². The standard InChI is InChI=1S/C16H22N4O.HI/c1-16(7-4-8-21-16)12-20-15(18-2)19-11-14-6-3-5-13(9-14)10-17;/h3,5-6,9H,4,7-8,11-12H2,1-2H3,(H2,18,19,20);1H. The number of nitrogens with one attached hydrogen (secondary N) is 2. The van der Waals surface area contributed by atoms with Gasteiger partial charge in [-0.25, -0.2) is 0 Å². The Kier molecular flexibility index (Phi) is 7.62. The Labute approximate surface area is 149 Å². The first-order chi connectivity index (χ1) is 10.1. The Hall–Kier alpha value is -1.33. The predicted molar refractivity (Wildman–Crippen MR) is 98.4 cm³/mol. The fourth-order valence-electron chi connectivity index (χ4n) is 2.40. The topological polar surface area (TPSA) is 69.4 Å². The molecule has 0 radical (unpaired) electrons. The summed E-state index contributed by atoms with van der Waals surface area (Å²) < 4.78 is 5.75. The van der Waals surface area contributed by atoms with E-state index in [1.165, 1.54) is 0 Å². The molecule has 2 N–H and O–H groups in total. The van der Waals surface area contributed by atoms with Crippen LogP contribution in [0.4, 0.5) is 0 Å². The van der Waals surface area contributed by atoms with Gasteiger partial charge < -0.3 is 15.4 Å². The number of guanidine groups is 1. The molecule has 0 bridgehead atoms. The Balaban J connectivity index is 0.00000242. The first-order valence-electron chi connectivity index (χ1n) is 7.23. The molecule has 1 aromatic carbocycles. The number of nitrogens with zero attached hydrogens (tertiary/aromatic N) is 2. The monoisotopic (exact) mass is 414 g/mol. The van der Waals surface area contributed by atoms with Crippen LogP contribution in [0.2, 0.25) is 0 Å². The molecule has 0 aliphatic carbocycles. The molecule has 1 aliphatic heterocycles. The summed E-state index contributed by atoms with van der Waals surface area (Å²) in [6.07, 6.45) is 2.19. The van der Waals surface area contributed by atoms with Crippen LogP contribution >= 0.6 is 24.0 Å². The van der Waals surface area contributed by atoms with E-state index in [1.54, 1.807) is 13.1 Å². The van der Waals surface area contributed by atoms with Crippen LogP contribution in [0.5, 0.6) is 0 Å². The Morgan fingerprint density at radius 1 is 1.45 bits per heavy atom. The van der Waals surface area contributed by atoms with Crippen molar-refractivity contribution in [3.63, 3.8) is 0 Å². The molecule has 22 heavy (non-hydrogen) atoms. The third kappa shape index (κ3) is 5.46. The minimum atomic E-state index is -0.0989. The number of rotatable bonds is 4. The van der Waals surface area contributed by atoms with E-state index in [2.05, 4.69) is 28.6 Å². The van der Waals surface area contributed by atoms with Crippen molar-refractivity contribution in [3.05, 3.63) is 35.4 Å². The van der Waals surface area contributed by atoms with Crippen LogP contribution in [0.1, 0.15) is 30.9 Å². The maximum Gasteiger partial charge on any atom is 0.191 e. The van der Waals surface area contributed by atoms with E-state index in [-0.39, 0.29) is 29.6 Å². The summed E-state index contributed by atoms with van der Waals surface area (Å²) in [5, 5.41) is 15.5. The highest BCUT2D eigenvalue weighted by Crippen LogP contribution is 2.23. The lowest BCUT2D eigenvalue weighted by molar-refractivity contribution is 0.0243. The normalized spacial score (nSPS) is 20.9. The fourth-order valence-corrected chi connectivity index (χ4v) is 2.40. The minimum absolute atomic E-state index is 0. The molecule has 0 saturated carbocycles. The van der Waals surface area contributed by atoms with Crippen LogP contribution in [0.25, 0.3) is 0 Å². The van der Waals surface area contributed by atoms with Crippen LogP contribution < -0.4 is 10.6 Å². The smallest absolute Gasteiger partial charge is 0.191 e. The molecule has 1 saturated heterocycles. The maximum atomic E-state index is 8.90. The van der Waals surface area contributed by atoms with E-state index in [0.29, 0.717) is 12.1 Å². The average molecular weight is 414 g/mol. The van der Waals surface area contributed by atoms with Crippen LogP contribution in [0.15, 0.2) is 29.3 Å². The molecule has 0 amide bonds. The van der Waals surface area contributed by atoms with Crippen molar-refractivity contribution >= 4 is 29.9 Å². The molecule has 1 aliphatic rings. The van der Waals surface area contributed by atoms with Gasteiger partial charge in [-0.05, 0) is 37.5 Å². The molecule has 1 unspecified atom stereocenters. The van der Waals surface area contributed by atoms with E-state index in [4.69, 9.17) is 10.00 Å². The van der Waals surface area contributed by atoms with Crippen LogP contribution in [0, 0.1) is 11.3 Å². The second-order valence-electron chi connectivity index (χ2n) is 5.49. The second kappa shape index (κ2) is 8.96. The highest BCUT2D eigenvalue weighted by molar-refractivity contribution is 14.0. The Bertz CT molecular complexity index is 547. The molecule has 1 atom stereocenters. The van der Waals surface area contributed by atoms with E-state index < -0.39 is 0 Å². The fraction of sp³-hybridized carbons (Fsp3) is 0.500. The first kappa shape index (κ1) is 18.7. The molecular weight excluding hydrogens is 391 g/mol. The van der Waals surface area contributed by atoms with E-state index >= 15 is 0 Å². The number of benzene rings is 1. The molecule has 5 nitrogen and oxygen atoms in total. The summed E-state index contributed by atoms with van der Waals surface area (Å²) in [6.45, 7) is 4.33. The second-order valence-corrected chi connectivity index (χ2v) is 5.49. The third-order valence-electron chi connectivity index (χ3n) is 3.67. The molecule has 120 valence electrons. The lowest BCUT2D eigenvalue weighted by Crippen LogP contribution is -2.45. The van der Waals surface area contributed by atoms with Gasteiger partial charge in [0.1, 0.15) is 0 Å². The Morgan fingerprint density at radius 2 is 2.27 bits per heavy atom. The summed E-state index contributed by atoms with van der Waals surface area (Å²) in [7, 11) is 1.75. The highest BCUT2D eigenvalue weighted by atomic mass is 127. The van der Waals surface area contributed by atoms with Gasteiger partial charge in [-0.15, -0.1) is 24.0 Å². The molecule has 6 heteroatoms. The van der Waals surface area contributed by atoms with Crippen molar-refractivity contribution in [2.45, 2.75) is 31.9 Å². The van der Waals surface area contributed by atoms with Crippen molar-refractivity contribution in [2.75, 3.05) is 20.2 Å². The van der Waals surface area contributed by atoms with Gasteiger partial charge in [0.05, 0.1) is 17.2 Å². The quantitative estimate of drug-likeness (QED) is 0.451. The number of aliphatic imine (C=N–C) groups is 1. The molecule has 0 aromatic heterocycles. The van der Waals surface area contributed by atoms with Gasteiger partial charge >= 0.3 is 0 Å². The number of halogens is 1. The van der Waals surface area contributed by atoms with Crippen LogP contribution in [-0.4, -0.2) is 31.8 Å². The SMILES string of the molecule is CN=C(NCc1cccc(C#N)c1)NCC1(C)CCCO1.I. The minimum Gasteiger partial charge on any atom is -0.373 e. The number of hydrogen-bond acceptors (Lipinski definition) is 3. The van der Waals surface area contributed by atoms with Gasteiger partial charge in [-0.2, -0.15) is 5.26 Å². The van der Waals surface area contributed by atoms with E-state index in [1.807, 2.05) is 18.2 Å². The van der Waals surface area contributed by atoms with Gasteiger partial charge in [0, 0.05) is 26.7 Å². The molecule has 1 heterocycles. The number of nitriles is 1. The summed E-state index contributed by atoms with van der Waals surface area (Å²) in [5.41, 5.74) is 1.63. The predicted octanol–water partition coefficient (Wildman–Crippen LogP) is 2.41. The molecule has 0 spiro atoms. The summed E-state index contributed by atoms with van der Waals surface area (Å²) >= 11 is 0. The zero-order valence-electron chi connectivity index (χ0n) is 13.1. The van der Waals surface area contributed by atoms with Crippen molar-refractivity contribution in [2.24, 2.45) is 4.99 Å². The van der Waals surface area contributed by atoms with Gasteiger partial charge in [-0.1, -0.05) is 12.1 Å². The van der Waals surface area contributed by atoms with Gasteiger partial charge in [0.15, 0.2) is 5.96 Å². The van der Waals surface area contributed by atoms with E-state index in [0.717, 1.165) is 37.5 Å². The summed E-state index contributed by atoms with van der Waals surface area (Å²) in [5.74, 6) is 0.745. The molecule has 1 aromatic rings. The maximum absolute atomic E-state index is 8.90. The van der Waals surface area contributed by atoms with Gasteiger partial charge in [0.25, 0.3) is 0 Å².